The molecule has 2 nitrogen and oxygen atoms in total. The lowest BCUT2D eigenvalue weighted by Gasteiger charge is -2.28. The molecular formula is C11H23N2+. The Morgan fingerprint density at radius 2 is 1.92 bits per heavy atom. The van der Waals surface area contributed by atoms with Gasteiger partial charge in [-0.2, -0.15) is 0 Å². The van der Waals surface area contributed by atoms with Crippen molar-refractivity contribution >= 4 is 0 Å². The summed E-state index contributed by atoms with van der Waals surface area (Å²) < 4.78 is 1.42. The van der Waals surface area contributed by atoms with Crippen molar-refractivity contribution in [1.29, 1.82) is 0 Å². The van der Waals surface area contributed by atoms with Crippen LogP contribution in [0.3, 0.4) is 0 Å². The second-order valence-corrected chi connectivity index (χ2v) is 4.79. The third-order valence-corrected chi connectivity index (χ3v) is 3.99. The van der Waals surface area contributed by atoms with Crippen LogP contribution in [0.1, 0.15) is 33.1 Å². The molecule has 2 heteroatoms. The van der Waals surface area contributed by atoms with Gasteiger partial charge in [0.1, 0.15) is 6.67 Å². The van der Waals surface area contributed by atoms with Crippen molar-refractivity contribution in [2.75, 3.05) is 32.8 Å². The van der Waals surface area contributed by atoms with Crippen LogP contribution in [-0.2, 0) is 0 Å². The van der Waals surface area contributed by atoms with E-state index in [2.05, 4.69) is 18.7 Å². The Bertz CT molecular complexity index is 159. The van der Waals surface area contributed by atoms with Crippen LogP contribution in [0.4, 0.5) is 0 Å². The number of quaternary nitrogens is 1. The van der Waals surface area contributed by atoms with Crippen molar-refractivity contribution in [3.05, 3.63) is 0 Å². The zero-order valence-electron chi connectivity index (χ0n) is 9.13. The highest BCUT2D eigenvalue weighted by atomic mass is 15.5. The Balaban J connectivity index is 2.03. The van der Waals surface area contributed by atoms with Crippen LogP contribution in [-0.4, -0.2) is 48.3 Å². The third kappa shape index (κ3) is 1.62. The standard InChI is InChI=1S/C11H23N2/c1-3-11-9-13(7-5-6-8-13)10-12(11)4-2/h11H,3-10H2,1-2H3/q+1. The van der Waals surface area contributed by atoms with Gasteiger partial charge in [-0.15, -0.1) is 0 Å². The number of hydrogen-bond donors (Lipinski definition) is 0. The Labute approximate surface area is 82.1 Å². The molecule has 2 saturated heterocycles. The van der Waals surface area contributed by atoms with Crippen molar-refractivity contribution in [2.45, 2.75) is 39.2 Å². The molecule has 2 aliphatic rings. The highest BCUT2D eigenvalue weighted by molar-refractivity contribution is 4.75. The molecule has 76 valence electrons. The van der Waals surface area contributed by atoms with Crippen molar-refractivity contribution in [2.24, 2.45) is 0 Å². The van der Waals surface area contributed by atoms with Gasteiger partial charge in [0.2, 0.25) is 0 Å². The molecule has 0 aliphatic carbocycles. The third-order valence-electron chi connectivity index (χ3n) is 3.99. The summed E-state index contributed by atoms with van der Waals surface area (Å²) in [5.41, 5.74) is 0. The topological polar surface area (TPSA) is 3.24 Å². The van der Waals surface area contributed by atoms with Gasteiger partial charge >= 0.3 is 0 Å². The van der Waals surface area contributed by atoms with Gasteiger partial charge in [-0.25, -0.2) is 4.90 Å². The molecule has 1 unspecified atom stereocenters. The minimum Gasteiger partial charge on any atom is -0.310 e. The van der Waals surface area contributed by atoms with E-state index in [9.17, 15) is 0 Å². The fourth-order valence-corrected chi connectivity index (χ4v) is 3.20. The molecule has 0 N–H and O–H groups in total. The maximum Gasteiger partial charge on any atom is 0.135 e. The van der Waals surface area contributed by atoms with E-state index in [0.717, 1.165) is 6.04 Å². The van der Waals surface area contributed by atoms with Gasteiger partial charge in [0.25, 0.3) is 0 Å². The van der Waals surface area contributed by atoms with Crippen molar-refractivity contribution in [1.82, 2.24) is 4.90 Å². The Morgan fingerprint density at radius 3 is 2.38 bits per heavy atom. The molecule has 0 aromatic rings. The monoisotopic (exact) mass is 183 g/mol. The molecule has 1 atom stereocenters. The van der Waals surface area contributed by atoms with Crippen molar-refractivity contribution in [3.63, 3.8) is 0 Å². The van der Waals surface area contributed by atoms with Crippen molar-refractivity contribution in [3.8, 4) is 0 Å². The summed E-state index contributed by atoms with van der Waals surface area (Å²) in [6.45, 7) is 11.6. The summed E-state index contributed by atoms with van der Waals surface area (Å²) in [6, 6.07) is 0.878. The van der Waals surface area contributed by atoms with Gasteiger partial charge in [0.05, 0.1) is 25.7 Å². The molecule has 0 aromatic heterocycles. The second kappa shape index (κ2) is 3.58. The van der Waals surface area contributed by atoms with Gasteiger partial charge in [-0.1, -0.05) is 13.8 Å². The lowest BCUT2D eigenvalue weighted by atomic mass is 10.2. The first-order valence-electron chi connectivity index (χ1n) is 5.89. The Kier molecular flexibility index (Phi) is 2.61. The van der Waals surface area contributed by atoms with E-state index in [1.807, 2.05) is 0 Å². The van der Waals surface area contributed by atoms with Crippen LogP contribution in [0, 0.1) is 0 Å². The van der Waals surface area contributed by atoms with Crippen LogP contribution >= 0.6 is 0 Å². The fraction of sp³-hybridized carbons (Fsp3) is 1.00. The van der Waals surface area contributed by atoms with Gasteiger partial charge in [-0.05, 0) is 6.42 Å². The van der Waals surface area contributed by atoms with E-state index >= 15 is 0 Å². The van der Waals surface area contributed by atoms with Gasteiger partial charge in [0.15, 0.2) is 0 Å². The van der Waals surface area contributed by atoms with Crippen molar-refractivity contribution < 1.29 is 4.48 Å². The summed E-state index contributed by atoms with van der Waals surface area (Å²) in [6.07, 6.45) is 4.27. The van der Waals surface area contributed by atoms with Crippen LogP contribution in [0.5, 0.6) is 0 Å². The normalized spacial score (nSPS) is 33.2. The lowest BCUT2D eigenvalue weighted by molar-refractivity contribution is -0.909. The first-order chi connectivity index (χ1) is 6.29. The quantitative estimate of drug-likeness (QED) is 0.589. The average molecular weight is 183 g/mol. The highest BCUT2D eigenvalue weighted by Crippen LogP contribution is 2.28. The minimum atomic E-state index is 0.878. The van der Waals surface area contributed by atoms with E-state index in [1.165, 1.54) is 56.6 Å². The molecule has 0 bridgehead atoms. The Morgan fingerprint density at radius 1 is 1.23 bits per heavy atom. The van der Waals surface area contributed by atoms with E-state index < -0.39 is 0 Å². The van der Waals surface area contributed by atoms with Gasteiger partial charge in [0, 0.05) is 19.4 Å². The maximum absolute atomic E-state index is 2.69. The van der Waals surface area contributed by atoms with Crippen LogP contribution < -0.4 is 0 Å². The first kappa shape index (κ1) is 9.47. The van der Waals surface area contributed by atoms with Crippen LogP contribution in [0.2, 0.25) is 0 Å². The summed E-state index contributed by atoms with van der Waals surface area (Å²) >= 11 is 0. The smallest absolute Gasteiger partial charge is 0.135 e. The molecule has 13 heavy (non-hydrogen) atoms. The lowest BCUT2D eigenvalue weighted by Crippen LogP contribution is -2.44. The minimum absolute atomic E-state index is 0.878. The molecule has 1 spiro atoms. The van der Waals surface area contributed by atoms with Crippen LogP contribution in [0.15, 0.2) is 0 Å². The largest absolute Gasteiger partial charge is 0.310 e. The Hall–Kier alpha value is -0.0800. The molecule has 0 radical (unpaired) electrons. The number of rotatable bonds is 2. The molecule has 2 aliphatic heterocycles. The summed E-state index contributed by atoms with van der Waals surface area (Å²) in [4.78, 5) is 2.69. The predicted molar refractivity (Wildman–Crippen MR) is 55.4 cm³/mol. The highest BCUT2D eigenvalue weighted by Gasteiger charge is 2.43. The molecule has 0 saturated carbocycles. The zero-order chi connectivity index (χ0) is 9.31. The van der Waals surface area contributed by atoms with Gasteiger partial charge < -0.3 is 4.48 Å². The van der Waals surface area contributed by atoms with E-state index in [1.54, 1.807) is 0 Å². The second-order valence-electron chi connectivity index (χ2n) is 4.79. The fourth-order valence-electron chi connectivity index (χ4n) is 3.20. The summed E-state index contributed by atoms with van der Waals surface area (Å²) in [5.74, 6) is 0. The molecule has 0 aromatic carbocycles. The molecule has 0 amide bonds. The van der Waals surface area contributed by atoms with E-state index in [-0.39, 0.29) is 0 Å². The molecule has 2 fully saturated rings. The molecule has 2 heterocycles. The van der Waals surface area contributed by atoms with E-state index in [4.69, 9.17) is 0 Å². The van der Waals surface area contributed by atoms with Gasteiger partial charge in [-0.3, -0.25) is 0 Å². The SMILES string of the molecule is CCC1C[N+]2(CCCC2)CN1CC. The average Bonchev–Trinajstić information content (AvgIpc) is 2.74. The number of nitrogens with zero attached hydrogens (tertiary/aromatic N) is 2. The number of likely N-dealkylation sites (N-methyl/N-ethyl adjacent to an activating group) is 1. The first-order valence-corrected chi connectivity index (χ1v) is 5.89. The number of hydrogen-bond acceptors (Lipinski definition) is 1. The molecule has 2 rings (SSSR count). The summed E-state index contributed by atoms with van der Waals surface area (Å²) in [5, 5.41) is 0. The zero-order valence-corrected chi connectivity index (χ0v) is 9.13. The summed E-state index contributed by atoms with van der Waals surface area (Å²) in [7, 11) is 0. The van der Waals surface area contributed by atoms with E-state index in [0.29, 0.717) is 0 Å². The maximum atomic E-state index is 2.69. The predicted octanol–water partition coefficient (Wildman–Crippen LogP) is 1.67. The van der Waals surface area contributed by atoms with Crippen LogP contribution in [0.25, 0.3) is 0 Å². The molecular weight excluding hydrogens is 160 g/mol.